The number of aliphatic hydroxyl groups excluding tert-OH is 1. The third kappa shape index (κ3) is 4.09. The molecule has 1 heteroatoms. The van der Waals surface area contributed by atoms with Gasteiger partial charge in [0.1, 0.15) is 6.10 Å². The minimum atomic E-state index is -0.676. The summed E-state index contributed by atoms with van der Waals surface area (Å²) in [7, 11) is 0. The Balaban J connectivity index is 2.04. The molecule has 0 unspecified atom stereocenters. The highest BCUT2D eigenvalue weighted by Gasteiger charge is 2.25. The molecule has 0 aliphatic carbocycles. The molecule has 0 bridgehead atoms. The number of fused-ring (bicyclic) bond motifs is 1. The number of hydrogen-bond donors (Lipinski definition) is 1. The second kappa shape index (κ2) is 7.11. The van der Waals surface area contributed by atoms with E-state index in [1.165, 1.54) is 5.39 Å². The first-order valence-electron chi connectivity index (χ1n) is 8.64. The van der Waals surface area contributed by atoms with Crippen LogP contribution >= 0.6 is 0 Å². The monoisotopic (exact) mass is 328 g/mol. The molecule has 0 aliphatic heterocycles. The van der Waals surface area contributed by atoms with Crippen LogP contribution in [0.1, 0.15) is 38.0 Å². The lowest BCUT2D eigenvalue weighted by Gasteiger charge is -2.26. The third-order valence-corrected chi connectivity index (χ3v) is 4.36. The number of benzene rings is 3. The molecule has 126 valence electrons. The molecule has 3 aromatic rings. The fourth-order valence-corrected chi connectivity index (χ4v) is 2.96. The number of rotatable bonds is 3. The molecule has 0 aliphatic rings. The standard InChI is InChI=1S/C24H24O/c1-24(2,3)22(16-13-18-9-5-4-6-10-18)23(25)21-15-14-19-11-7-8-12-20(19)17-21/h4-15,17,23,25H,1-3H3/t16?,23-/m1/s1. The summed E-state index contributed by atoms with van der Waals surface area (Å²) >= 11 is 0. The Morgan fingerprint density at radius 1 is 0.880 bits per heavy atom. The van der Waals surface area contributed by atoms with Gasteiger partial charge < -0.3 is 5.11 Å². The van der Waals surface area contributed by atoms with E-state index in [0.717, 1.165) is 22.1 Å². The maximum atomic E-state index is 11.0. The van der Waals surface area contributed by atoms with Crippen LogP contribution in [0, 0.1) is 5.41 Å². The molecule has 0 fully saturated rings. The fraction of sp³-hybridized carbons (Fsp3) is 0.208. The topological polar surface area (TPSA) is 20.2 Å². The smallest absolute Gasteiger partial charge is 0.108 e. The van der Waals surface area contributed by atoms with Crippen LogP contribution in [0.25, 0.3) is 16.8 Å². The van der Waals surface area contributed by atoms with E-state index in [1.54, 1.807) is 0 Å². The van der Waals surface area contributed by atoms with E-state index in [4.69, 9.17) is 0 Å². The summed E-state index contributed by atoms with van der Waals surface area (Å²) in [5.74, 6) is 0. The van der Waals surface area contributed by atoms with Gasteiger partial charge in [0, 0.05) is 5.57 Å². The molecule has 0 amide bonds. The number of hydrogen-bond acceptors (Lipinski definition) is 1. The Labute approximate surface area is 150 Å². The van der Waals surface area contributed by atoms with Gasteiger partial charge in [0.25, 0.3) is 0 Å². The Morgan fingerprint density at radius 3 is 2.20 bits per heavy atom. The Bertz CT molecular complexity index is 923. The molecule has 0 saturated heterocycles. The molecular weight excluding hydrogens is 304 g/mol. The second-order valence-corrected chi connectivity index (χ2v) is 7.37. The van der Waals surface area contributed by atoms with Gasteiger partial charge in [0.15, 0.2) is 0 Å². The van der Waals surface area contributed by atoms with Gasteiger partial charge in [0.05, 0.1) is 0 Å². The van der Waals surface area contributed by atoms with Crippen molar-refractivity contribution in [3.63, 3.8) is 0 Å². The summed E-state index contributed by atoms with van der Waals surface area (Å²) in [6.45, 7) is 6.33. The predicted octanol–water partition coefficient (Wildman–Crippen LogP) is 6.16. The zero-order chi connectivity index (χ0) is 17.9. The first-order valence-corrected chi connectivity index (χ1v) is 8.64. The molecule has 0 spiro atoms. The van der Waals surface area contributed by atoms with Gasteiger partial charge in [-0.25, -0.2) is 0 Å². The Kier molecular flexibility index (Phi) is 4.90. The Hall–Kier alpha value is -2.60. The van der Waals surface area contributed by atoms with Crippen LogP contribution in [0.2, 0.25) is 0 Å². The highest BCUT2D eigenvalue weighted by Crippen LogP contribution is 2.36. The normalized spacial score (nSPS) is 12.5. The van der Waals surface area contributed by atoms with Gasteiger partial charge in [-0.05, 0) is 39.5 Å². The quantitative estimate of drug-likeness (QED) is 0.571. The van der Waals surface area contributed by atoms with Crippen molar-refractivity contribution in [2.45, 2.75) is 26.9 Å². The van der Waals surface area contributed by atoms with Crippen molar-refractivity contribution in [1.29, 1.82) is 0 Å². The lowest BCUT2D eigenvalue weighted by molar-refractivity contribution is 0.189. The highest BCUT2D eigenvalue weighted by molar-refractivity contribution is 5.83. The van der Waals surface area contributed by atoms with E-state index in [0.29, 0.717) is 0 Å². The van der Waals surface area contributed by atoms with E-state index >= 15 is 0 Å². The third-order valence-electron chi connectivity index (χ3n) is 4.36. The first-order chi connectivity index (χ1) is 11.9. The van der Waals surface area contributed by atoms with Gasteiger partial charge in [-0.1, -0.05) is 87.5 Å². The second-order valence-electron chi connectivity index (χ2n) is 7.37. The molecule has 3 rings (SSSR count). The lowest BCUT2D eigenvalue weighted by atomic mass is 9.81. The van der Waals surface area contributed by atoms with Crippen LogP contribution < -0.4 is 0 Å². The summed E-state index contributed by atoms with van der Waals surface area (Å²) in [5.41, 5.74) is 6.04. The van der Waals surface area contributed by atoms with Crippen LogP contribution in [-0.4, -0.2) is 5.11 Å². The minimum absolute atomic E-state index is 0.184. The van der Waals surface area contributed by atoms with Crippen LogP contribution in [0.3, 0.4) is 0 Å². The van der Waals surface area contributed by atoms with Crippen molar-refractivity contribution in [1.82, 2.24) is 0 Å². The van der Waals surface area contributed by atoms with Gasteiger partial charge in [-0.15, -0.1) is 5.73 Å². The first kappa shape index (κ1) is 17.2. The summed E-state index contributed by atoms with van der Waals surface area (Å²) in [6, 6.07) is 24.4. The van der Waals surface area contributed by atoms with Gasteiger partial charge >= 0.3 is 0 Å². The molecular formula is C24H24O. The van der Waals surface area contributed by atoms with Crippen molar-refractivity contribution >= 4 is 16.8 Å². The summed E-state index contributed by atoms with van der Waals surface area (Å²) < 4.78 is 0. The zero-order valence-corrected chi connectivity index (χ0v) is 15.0. The van der Waals surface area contributed by atoms with Crippen LogP contribution in [-0.2, 0) is 0 Å². The minimum Gasteiger partial charge on any atom is -0.383 e. The predicted molar refractivity (Wildman–Crippen MR) is 106 cm³/mol. The Morgan fingerprint density at radius 2 is 1.52 bits per heavy atom. The molecule has 0 heterocycles. The maximum absolute atomic E-state index is 11.0. The van der Waals surface area contributed by atoms with Crippen molar-refractivity contribution in [2.24, 2.45) is 5.41 Å². The zero-order valence-electron chi connectivity index (χ0n) is 15.0. The van der Waals surface area contributed by atoms with Crippen molar-refractivity contribution in [2.75, 3.05) is 0 Å². The highest BCUT2D eigenvalue weighted by atomic mass is 16.3. The average Bonchev–Trinajstić information content (AvgIpc) is 2.61. The van der Waals surface area contributed by atoms with E-state index in [9.17, 15) is 5.11 Å². The molecule has 1 N–H and O–H groups in total. The average molecular weight is 328 g/mol. The fourth-order valence-electron chi connectivity index (χ4n) is 2.96. The molecule has 1 nitrogen and oxygen atoms in total. The van der Waals surface area contributed by atoms with Crippen molar-refractivity contribution in [3.05, 3.63) is 95.2 Å². The van der Waals surface area contributed by atoms with Crippen LogP contribution in [0.5, 0.6) is 0 Å². The van der Waals surface area contributed by atoms with Crippen molar-refractivity contribution < 1.29 is 5.11 Å². The largest absolute Gasteiger partial charge is 0.383 e. The van der Waals surface area contributed by atoms with E-state index in [2.05, 4.69) is 50.8 Å². The number of aliphatic hydroxyl groups is 1. The van der Waals surface area contributed by atoms with Crippen molar-refractivity contribution in [3.8, 4) is 0 Å². The maximum Gasteiger partial charge on any atom is 0.108 e. The van der Waals surface area contributed by atoms with E-state index < -0.39 is 6.10 Å². The lowest BCUT2D eigenvalue weighted by Crippen LogP contribution is -2.16. The summed E-state index contributed by atoms with van der Waals surface area (Å²) in [4.78, 5) is 0. The molecule has 1 atom stereocenters. The van der Waals surface area contributed by atoms with E-state index in [1.807, 2.05) is 54.6 Å². The summed E-state index contributed by atoms with van der Waals surface area (Å²) in [6.07, 6.45) is 1.27. The molecule has 3 aromatic carbocycles. The van der Waals surface area contributed by atoms with Gasteiger partial charge in [0.2, 0.25) is 0 Å². The molecule has 0 aromatic heterocycles. The molecule has 0 radical (unpaired) electrons. The molecule has 0 saturated carbocycles. The SMILES string of the molecule is CC(C)(C)C(=C=Cc1ccccc1)[C@H](O)c1ccc2ccccc2c1. The van der Waals surface area contributed by atoms with Crippen LogP contribution in [0.15, 0.2) is 84.1 Å². The van der Waals surface area contributed by atoms with E-state index in [-0.39, 0.29) is 5.41 Å². The summed E-state index contributed by atoms with van der Waals surface area (Å²) in [5, 5.41) is 13.4. The van der Waals surface area contributed by atoms with Gasteiger partial charge in [-0.2, -0.15) is 0 Å². The van der Waals surface area contributed by atoms with Crippen LogP contribution in [0.4, 0.5) is 0 Å². The molecule has 25 heavy (non-hydrogen) atoms. The van der Waals surface area contributed by atoms with Gasteiger partial charge in [-0.3, -0.25) is 0 Å².